The van der Waals surface area contributed by atoms with Gasteiger partial charge in [0.15, 0.2) is 0 Å². The Bertz CT molecular complexity index is 637. The van der Waals surface area contributed by atoms with Gasteiger partial charge in [0.25, 0.3) is 5.91 Å². The molecule has 0 spiro atoms. The lowest BCUT2D eigenvalue weighted by Gasteiger charge is -2.18. The number of sulfonamides is 1. The van der Waals surface area contributed by atoms with E-state index in [1.165, 1.54) is 24.3 Å². The van der Waals surface area contributed by atoms with Gasteiger partial charge in [-0.1, -0.05) is 13.8 Å². The van der Waals surface area contributed by atoms with Crippen LogP contribution in [0, 0.1) is 5.92 Å². The van der Waals surface area contributed by atoms with Gasteiger partial charge < -0.3 is 11.1 Å². The number of carbonyl (C=O) groups is 1. The molecule has 1 unspecified atom stereocenters. The number of hydrogen-bond donors (Lipinski definition) is 3. The molecular formula is C16H25N3O3S. The first-order valence-electron chi connectivity index (χ1n) is 7.95. The lowest BCUT2D eigenvalue weighted by atomic mass is 10.0. The molecule has 7 heteroatoms. The van der Waals surface area contributed by atoms with E-state index in [0.717, 1.165) is 19.3 Å². The number of rotatable bonds is 8. The maximum absolute atomic E-state index is 12.2. The highest BCUT2D eigenvalue weighted by Gasteiger charge is 2.28. The quantitative estimate of drug-likeness (QED) is 0.663. The highest BCUT2D eigenvalue weighted by atomic mass is 32.2. The van der Waals surface area contributed by atoms with Gasteiger partial charge in [0.2, 0.25) is 10.0 Å². The van der Waals surface area contributed by atoms with Crippen LogP contribution >= 0.6 is 0 Å². The van der Waals surface area contributed by atoms with E-state index in [1.54, 1.807) is 0 Å². The normalized spacial score (nSPS) is 16.3. The summed E-state index contributed by atoms with van der Waals surface area (Å²) in [5, 5.41) is 2.89. The number of carbonyl (C=O) groups excluding carboxylic acids is 1. The molecular weight excluding hydrogens is 314 g/mol. The van der Waals surface area contributed by atoms with Crippen LogP contribution in [0.3, 0.4) is 0 Å². The van der Waals surface area contributed by atoms with Crippen LogP contribution in [-0.2, 0) is 10.0 Å². The average molecular weight is 339 g/mol. The third-order valence-electron chi connectivity index (χ3n) is 3.70. The summed E-state index contributed by atoms with van der Waals surface area (Å²) in [6.07, 6.45) is 2.58. The van der Waals surface area contributed by atoms with Gasteiger partial charge in [0.05, 0.1) is 4.90 Å². The second-order valence-corrected chi connectivity index (χ2v) is 8.17. The maximum Gasteiger partial charge on any atom is 0.251 e. The SMILES string of the molecule is CC(C)CC(CN)NC(=O)c1ccc(S(=O)(=O)NC2CC2)cc1. The molecule has 0 aromatic heterocycles. The fourth-order valence-electron chi connectivity index (χ4n) is 2.33. The highest BCUT2D eigenvalue weighted by molar-refractivity contribution is 7.89. The third-order valence-corrected chi connectivity index (χ3v) is 5.24. The Labute approximate surface area is 137 Å². The lowest BCUT2D eigenvalue weighted by molar-refractivity contribution is 0.0933. The van der Waals surface area contributed by atoms with Crippen LogP contribution < -0.4 is 15.8 Å². The Morgan fingerprint density at radius 1 is 1.26 bits per heavy atom. The van der Waals surface area contributed by atoms with Gasteiger partial charge in [0, 0.05) is 24.2 Å². The van der Waals surface area contributed by atoms with Gasteiger partial charge in [0.1, 0.15) is 0 Å². The molecule has 1 aromatic carbocycles. The van der Waals surface area contributed by atoms with Crippen LogP contribution in [0.2, 0.25) is 0 Å². The Kier molecular flexibility index (Phi) is 5.78. The van der Waals surface area contributed by atoms with E-state index in [1.807, 2.05) is 0 Å². The Hall–Kier alpha value is -1.44. The second-order valence-electron chi connectivity index (χ2n) is 6.46. The molecule has 0 aliphatic heterocycles. The molecule has 1 aliphatic rings. The zero-order chi connectivity index (χ0) is 17.0. The van der Waals surface area contributed by atoms with Crippen molar-refractivity contribution >= 4 is 15.9 Å². The first-order valence-corrected chi connectivity index (χ1v) is 9.43. The topological polar surface area (TPSA) is 101 Å². The minimum Gasteiger partial charge on any atom is -0.348 e. The van der Waals surface area contributed by atoms with Crippen LogP contribution in [0.25, 0.3) is 0 Å². The van der Waals surface area contributed by atoms with Crippen LogP contribution in [0.15, 0.2) is 29.2 Å². The summed E-state index contributed by atoms with van der Waals surface area (Å²) in [5.41, 5.74) is 6.11. The summed E-state index contributed by atoms with van der Waals surface area (Å²) in [6.45, 7) is 4.52. The van der Waals surface area contributed by atoms with Crippen molar-refractivity contribution in [3.63, 3.8) is 0 Å². The largest absolute Gasteiger partial charge is 0.348 e. The van der Waals surface area contributed by atoms with Crippen molar-refractivity contribution in [3.05, 3.63) is 29.8 Å². The van der Waals surface area contributed by atoms with Crippen molar-refractivity contribution in [1.82, 2.24) is 10.0 Å². The van der Waals surface area contributed by atoms with Gasteiger partial charge in [-0.2, -0.15) is 0 Å². The molecule has 1 saturated carbocycles. The molecule has 23 heavy (non-hydrogen) atoms. The van der Waals surface area contributed by atoms with E-state index < -0.39 is 10.0 Å². The van der Waals surface area contributed by atoms with Gasteiger partial charge in [-0.15, -0.1) is 0 Å². The van der Waals surface area contributed by atoms with Gasteiger partial charge >= 0.3 is 0 Å². The maximum atomic E-state index is 12.2. The Morgan fingerprint density at radius 3 is 2.35 bits per heavy atom. The average Bonchev–Trinajstić information content (AvgIpc) is 3.29. The molecule has 2 rings (SSSR count). The molecule has 0 heterocycles. The predicted molar refractivity (Wildman–Crippen MR) is 89.5 cm³/mol. The molecule has 1 aromatic rings. The van der Waals surface area contributed by atoms with Gasteiger partial charge in [-0.3, -0.25) is 4.79 Å². The summed E-state index contributed by atoms with van der Waals surface area (Å²) in [6, 6.07) is 5.95. The predicted octanol–water partition coefficient (Wildman–Crippen LogP) is 1.23. The van der Waals surface area contributed by atoms with Crippen LogP contribution in [0.1, 0.15) is 43.5 Å². The van der Waals surface area contributed by atoms with E-state index in [9.17, 15) is 13.2 Å². The summed E-state index contributed by atoms with van der Waals surface area (Å²) in [4.78, 5) is 12.4. The Balaban J connectivity index is 2.02. The molecule has 4 N–H and O–H groups in total. The molecule has 1 amide bonds. The molecule has 1 aliphatic carbocycles. The fourth-order valence-corrected chi connectivity index (χ4v) is 3.63. The second kappa shape index (κ2) is 7.42. The van der Waals surface area contributed by atoms with E-state index >= 15 is 0 Å². The highest BCUT2D eigenvalue weighted by Crippen LogP contribution is 2.22. The van der Waals surface area contributed by atoms with E-state index in [4.69, 9.17) is 5.73 Å². The van der Waals surface area contributed by atoms with Crippen molar-refractivity contribution < 1.29 is 13.2 Å². The number of benzene rings is 1. The van der Waals surface area contributed by atoms with Crippen molar-refractivity contribution in [2.75, 3.05) is 6.54 Å². The third kappa shape index (κ3) is 5.30. The summed E-state index contributed by atoms with van der Waals surface area (Å²) < 4.78 is 26.8. The molecule has 0 radical (unpaired) electrons. The fraction of sp³-hybridized carbons (Fsp3) is 0.562. The van der Waals surface area contributed by atoms with E-state index in [0.29, 0.717) is 18.0 Å². The Morgan fingerprint density at radius 2 is 1.87 bits per heavy atom. The first kappa shape index (κ1) is 17.9. The lowest BCUT2D eigenvalue weighted by Crippen LogP contribution is -2.41. The number of hydrogen-bond acceptors (Lipinski definition) is 4. The molecule has 6 nitrogen and oxygen atoms in total. The van der Waals surface area contributed by atoms with Crippen molar-refractivity contribution in [2.24, 2.45) is 11.7 Å². The zero-order valence-corrected chi connectivity index (χ0v) is 14.4. The van der Waals surface area contributed by atoms with E-state index in [2.05, 4.69) is 23.9 Å². The molecule has 1 atom stereocenters. The standard InChI is InChI=1S/C16H25N3O3S/c1-11(2)9-14(10-17)18-16(20)12-3-7-15(8-4-12)23(21,22)19-13-5-6-13/h3-4,7-8,11,13-14,19H,5-6,9-10,17H2,1-2H3,(H,18,20). The van der Waals surface area contributed by atoms with Crippen LogP contribution in [0.4, 0.5) is 0 Å². The van der Waals surface area contributed by atoms with Crippen LogP contribution in [-0.4, -0.2) is 33.0 Å². The minimum atomic E-state index is -3.48. The van der Waals surface area contributed by atoms with Crippen molar-refractivity contribution in [2.45, 2.75) is 50.1 Å². The summed E-state index contributed by atoms with van der Waals surface area (Å²) in [5.74, 6) is 0.199. The molecule has 128 valence electrons. The van der Waals surface area contributed by atoms with Gasteiger partial charge in [-0.05, 0) is 49.4 Å². The minimum absolute atomic E-state index is 0.0596. The first-order chi connectivity index (χ1) is 10.8. The van der Waals surface area contributed by atoms with Gasteiger partial charge in [-0.25, -0.2) is 13.1 Å². The smallest absolute Gasteiger partial charge is 0.251 e. The van der Waals surface area contributed by atoms with E-state index in [-0.39, 0.29) is 22.9 Å². The molecule has 0 bridgehead atoms. The molecule has 1 fully saturated rings. The van der Waals surface area contributed by atoms with Crippen molar-refractivity contribution in [1.29, 1.82) is 0 Å². The summed E-state index contributed by atoms with van der Waals surface area (Å²) >= 11 is 0. The zero-order valence-electron chi connectivity index (χ0n) is 13.6. The number of nitrogens with one attached hydrogen (secondary N) is 2. The number of nitrogens with two attached hydrogens (primary N) is 1. The molecule has 0 saturated heterocycles. The number of amides is 1. The van der Waals surface area contributed by atoms with Crippen molar-refractivity contribution in [3.8, 4) is 0 Å². The monoisotopic (exact) mass is 339 g/mol. The summed E-state index contributed by atoms with van der Waals surface area (Å²) in [7, 11) is -3.48. The van der Waals surface area contributed by atoms with Crippen LogP contribution in [0.5, 0.6) is 0 Å².